The van der Waals surface area contributed by atoms with Crippen LogP contribution in [0.25, 0.3) is 0 Å². The Labute approximate surface area is 117 Å². The lowest BCUT2D eigenvalue weighted by Gasteiger charge is -2.32. The van der Waals surface area contributed by atoms with E-state index in [1.807, 2.05) is 6.92 Å². The van der Waals surface area contributed by atoms with Gasteiger partial charge in [-0.15, -0.1) is 0 Å². The second kappa shape index (κ2) is 5.81. The Morgan fingerprint density at radius 2 is 1.95 bits per heavy atom. The summed E-state index contributed by atoms with van der Waals surface area (Å²) >= 11 is 0. The van der Waals surface area contributed by atoms with Gasteiger partial charge in [-0.05, 0) is 6.92 Å². The van der Waals surface area contributed by atoms with Gasteiger partial charge in [-0.2, -0.15) is 0 Å². The van der Waals surface area contributed by atoms with Gasteiger partial charge >= 0.3 is 0 Å². The molecule has 6 nitrogen and oxygen atoms in total. The molecule has 3 rings (SSSR count). The Balaban J connectivity index is 1.56. The summed E-state index contributed by atoms with van der Waals surface area (Å²) in [6.07, 6.45) is 10.7. The van der Waals surface area contributed by atoms with Crippen LogP contribution < -0.4 is 9.64 Å². The van der Waals surface area contributed by atoms with Gasteiger partial charge in [-0.1, -0.05) is 0 Å². The van der Waals surface area contributed by atoms with Gasteiger partial charge in [0.15, 0.2) is 0 Å². The Morgan fingerprint density at radius 1 is 1.10 bits per heavy atom. The summed E-state index contributed by atoms with van der Waals surface area (Å²) in [4.78, 5) is 19.1. The summed E-state index contributed by atoms with van der Waals surface area (Å²) in [6.45, 7) is 3.75. The van der Waals surface area contributed by atoms with Crippen molar-refractivity contribution < 1.29 is 4.74 Å². The first-order valence-corrected chi connectivity index (χ1v) is 6.77. The fraction of sp³-hybridized carbons (Fsp3) is 0.429. The van der Waals surface area contributed by atoms with Gasteiger partial charge in [0.25, 0.3) is 0 Å². The molecule has 0 spiro atoms. The fourth-order valence-electron chi connectivity index (χ4n) is 2.33. The minimum atomic E-state index is 0.194. The zero-order valence-corrected chi connectivity index (χ0v) is 11.4. The predicted molar refractivity (Wildman–Crippen MR) is 74.7 cm³/mol. The lowest BCUT2D eigenvalue weighted by molar-refractivity contribution is 0.163. The first-order valence-electron chi connectivity index (χ1n) is 6.77. The van der Waals surface area contributed by atoms with Crippen molar-refractivity contribution in [1.29, 1.82) is 0 Å². The molecule has 0 N–H and O–H groups in total. The highest BCUT2D eigenvalue weighted by Crippen LogP contribution is 2.20. The predicted octanol–water partition coefficient (Wildman–Crippen LogP) is 1.62. The van der Waals surface area contributed by atoms with Crippen LogP contribution in [-0.4, -0.2) is 39.1 Å². The van der Waals surface area contributed by atoms with Crippen molar-refractivity contribution in [1.82, 2.24) is 19.9 Å². The number of anilines is 1. The molecule has 0 atom stereocenters. The summed E-state index contributed by atoms with van der Waals surface area (Å²) in [7, 11) is 0. The minimum Gasteiger partial charge on any atom is -0.473 e. The van der Waals surface area contributed by atoms with Gasteiger partial charge in [0.05, 0.1) is 18.1 Å². The maximum Gasteiger partial charge on any atom is 0.232 e. The lowest BCUT2D eigenvalue weighted by Crippen LogP contribution is -2.38. The smallest absolute Gasteiger partial charge is 0.232 e. The second-order valence-corrected chi connectivity index (χ2v) is 4.87. The molecule has 0 aromatic carbocycles. The molecule has 0 aliphatic carbocycles. The van der Waals surface area contributed by atoms with Crippen molar-refractivity contribution in [3.63, 3.8) is 0 Å². The highest BCUT2D eigenvalue weighted by molar-refractivity contribution is 5.35. The molecule has 3 heterocycles. The Bertz CT molecular complexity index is 555. The van der Waals surface area contributed by atoms with Crippen molar-refractivity contribution >= 4 is 5.82 Å². The number of hydrogen-bond acceptors (Lipinski definition) is 6. The summed E-state index contributed by atoms with van der Waals surface area (Å²) in [5.41, 5.74) is 0.875. The molecule has 1 fully saturated rings. The highest BCUT2D eigenvalue weighted by Gasteiger charge is 2.21. The Kier molecular flexibility index (Phi) is 3.71. The van der Waals surface area contributed by atoms with Gasteiger partial charge in [-0.25, -0.2) is 9.97 Å². The van der Waals surface area contributed by atoms with Crippen molar-refractivity contribution in [3.05, 3.63) is 36.7 Å². The fourth-order valence-corrected chi connectivity index (χ4v) is 2.33. The molecule has 2 aromatic heterocycles. The third-order valence-corrected chi connectivity index (χ3v) is 3.34. The van der Waals surface area contributed by atoms with Crippen LogP contribution in [0.15, 0.2) is 31.0 Å². The van der Waals surface area contributed by atoms with E-state index in [0.717, 1.165) is 37.4 Å². The quantitative estimate of drug-likeness (QED) is 0.845. The van der Waals surface area contributed by atoms with Gasteiger partial charge in [0.2, 0.25) is 5.88 Å². The molecule has 0 radical (unpaired) electrons. The van der Waals surface area contributed by atoms with E-state index in [0.29, 0.717) is 5.88 Å². The van der Waals surface area contributed by atoms with E-state index < -0.39 is 0 Å². The van der Waals surface area contributed by atoms with Crippen LogP contribution in [0.1, 0.15) is 18.5 Å². The number of piperidine rings is 1. The monoisotopic (exact) mass is 271 g/mol. The van der Waals surface area contributed by atoms with Crippen LogP contribution >= 0.6 is 0 Å². The molecule has 0 unspecified atom stereocenters. The number of nitrogens with zero attached hydrogens (tertiary/aromatic N) is 5. The first-order chi connectivity index (χ1) is 9.81. The average Bonchev–Trinajstić information content (AvgIpc) is 2.49. The van der Waals surface area contributed by atoms with Gasteiger partial charge < -0.3 is 9.64 Å². The average molecular weight is 271 g/mol. The van der Waals surface area contributed by atoms with Crippen molar-refractivity contribution in [2.45, 2.75) is 25.9 Å². The topological polar surface area (TPSA) is 64.0 Å². The number of hydrogen-bond donors (Lipinski definition) is 0. The van der Waals surface area contributed by atoms with E-state index in [4.69, 9.17) is 4.74 Å². The van der Waals surface area contributed by atoms with E-state index >= 15 is 0 Å². The van der Waals surface area contributed by atoms with Crippen LogP contribution in [0.2, 0.25) is 0 Å². The van der Waals surface area contributed by atoms with Crippen molar-refractivity contribution in [2.24, 2.45) is 0 Å². The van der Waals surface area contributed by atoms with Crippen LogP contribution in [0.3, 0.4) is 0 Å². The van der Waals surface area contributed by atoms with Crippen LogP contribution in [-0.2, 0) is 0 Å². The Hall–Kier alpha value is -2.24. The van der Waals surface area contributed by atoms with E-state index in [-0.39, 0.29) is 6.10 Å². The van der Waals surface area contributed by atoms with Gasteiger partial charge in [0, 0.05) is 44.5 Å². The molecule has 104 valence electrons. The zero-order chi connectivity index (χ0) is 13.8. The molecule has 6 heteroatoms. The third-order valence-electron chi connectivity index (χ3n) is 3.34. The van der Waals surface area contributed by atoms with Crippen molar-refractivity contribution in [2.75, 3.05) is 18.0 Å². The van der Waals surface area contributed by atoms with Gasteiger partial charge in [0.1, 0.15) is 11.9 Å². The molecule has 0 amide bonds. The van der Waals surface area contributed by atoms with E-state index in [2.05, 4.69) is 24.8 Å². The standard InChI is InChI=1S/C14H17N5O/c1-11-8-16-10-14(18-11)20-12-2-6-19(7-3-12)13-9-15-4-5-17-13/h4-5,8-10,12H,2-3,6-7H2,1H3. The molecule has 20 heavy (non-hydrogen) atoms. The molecule has 1 aliphatic rings. The van der Waals surface area contributed by atoms with E-state index in [9.17, 15) is 0 Å². The number of rotatable bonds is 3. The lowest BCUT2D eigenvalue weighted by atomic mass is 10.1. The SMILES string of the molecule is Cc1cncc(OC2CCN(c3cnccn3)CC2)n1. The van der Waals surface area contributed by atoms with E-state index in [1.165, 1.54) is 0 Å². The molecular weight excluding hydrogens is 254 g/mol. The van der Waals surface area contributed by atoms with Crippen molar-refractivity contribution in [3.8, 4) is 5.88 Å². The molecule has 0 saturated carbocycles. The van der Waals surface area contributed by atoms with Crippen LogP contribution in [0, 0.1) is 6.92 Å². The van der Waals surface area contributed by atoms with E-state index in [1.54, 1.807) is 31.0 Å². The molecule has 2 aromatic rings. The molecule has 0 bridgehead atoms. The zero-order valence-electron chi connectivity index (χ0n) is 11.4. The minimum absolute atomic E-state index is 0.194. The number of aryl methyl sites for hydroxylation is 1. The summed E-state index contributed by atoms with van der Waals surface area (Å²) in [6, 6.07) is 0. The maximum absolute atomic E-state index is 5.88. The molecular formula is C14H17N5O. The number of aromatic nitrogens is 4. The second-order valence-electron chi connectivity index (χ2n) is 4.87. The van der Waals surface area contributed by atoms with Crippen LogP contribution in [0.5, 0.6) is 5.88 Å². The molecule has 1 aliphatic heterocycles. The molecule has 1 saturated heterocycles. The maximum atomic E-state index is 5.88. The summed E-state index contributed by atoms with van der Waals surface area (Å²) < 4.78 is 5.88. The highest BCUT2D eigenvalue weighted by atomic mass is 16.5. The first kappa shape index (κ1) is 12.8. The third kappa shape index (κ3) is 3.01. The Morgan fingerprint density at radius 3 is 2.65 bits per heavy atom. The number of ether oxygens (including phenoxy) is 1. The summed E-state index contributed by atoms with van der Waals surface area (Å²) in [5, 5.41) is 0. The summed E-state index contributed by atoms with van der Waals surface area (Å²) in [5.74, 6) is 1.55. The van der Waals surface area contributed by atoms with Crippen LogP contribution in [0.4, 0.5) is 5.82 Å². The van der Waals surface area contributed by atoms with Gasteiger partial charge in [-0.3, -0.25) is 9.97 Å². The largest absolute Gasteiger partial charge is 0.473 e. The normalized spacial score (nSPS) is 16.1.